The lowest BCUT2D eigenvalue weighted by atomic mass is 10.2. The van der Waals surface area contributed by atoms with Crippen LogP contribution in [-0.4, -0.2) is 4.98 Å². The fourth-order valence-electron chi connectivity index (χ4n) is 1.81. The minimum absolute atomic E-state index is 0.320. The van der Waals surface area contributed by atoms with Crippen molar-refractivity contribution in [3.63, 3.8) is 0 Å². The standard InChI is InChI=1S/C16H9BrF3NO2S/c17-14-9-21-15(24-14)23-13-7-5-12(6-8-13)22-11-3-1-10(2-4-11)16(18,19)20/h1-9H. The average Bonchev–Trinajstić information content (AvgIpc) is 2.94. The Hall–Kier alpha value is -2.06. The van der Waals surface area contributed by atoms with E-state index in [1.807, 2.05) is 0 Å². The highest BCUT2D eigenvalue weighted by atomic mass is 79.9. The van der Waals surface area contributed by atoms with Gasteiger partial charge in [0.15, 0.2) is 0 Å². The largest absolute Gasteiger partial charge is 0.457 e. The number of benzene rings is 2. The maximum absolute atomic E-state index is 12.5. The molecule has 0 radical (unpaired) electrons. The monoisotopic (exact) mass is 415 g/mol. The molecule has 0 aliphatic rings. The lowest BCUT2D eigenvalue weighted by Crippen LogP contribution is -2.03. The van der Waals surface area contributed by atoms with Crippen LogP contribution in [0.25, 0.3) is 0 Å². The first-order valence-electron chi connectivity index (χ1n) is 6.64. The molecule has 3 rings (SSSR count). The van der Waals surface area contributed by atoms with Crippen molar-refractivity contribution >= 4 is 27.3 Å². The molecule has 2 aromatic carbocycles. The van der Waals surface area contributed by atoms with Crippen molar-refractivity contribution in [2.45, 2.75) is 6.18 Å². The zero-order chi connectivity index (χ0) is 17.2. The molecule has 0 aliphatic carbocycles. The summed E-state index contributed by atoms with van der Waals surface area (Å²) >= 11 is 4.65. The molecule has 3 nitrogen and oxygen atoms in total. The van der Waals surface area contributed by atoms with Crippen LogP contribution in [0.15, 0.2) is 58.5 Å². The molecule has 124 valence electrons. The van der Waals surface area contributed by atoms with Gasteiger partial charge in [-0.2, -0.15) is 13.2 Å². The van der Waals surface area contributed by atoms with Crippen molar-refractivity contribution in [2.75, 3.05) is 0 Å². The lowest BCUT2D eigenvalue weighted by Gasteiger charge is -2.09. The van der Waals surface area contributed by atoms with Gasteiger partial charge in [0.1, 0.15) is 17.2 Å². The molecule has 1 heterocycles. The maximum atomic E-state index is 12.5. The van der Waals surface area contributed by atoms with Crippen LogP contribution in [0.2, 0.25) is 0 Å². The number of hydrogen-bond acceptors (Lipinski definition) is 4. The minimum Gasteiger partial charge on any atom is -0.457 e. The summed E-state index contributed by atoms with van der Waals surface area (Å²) in [6.45, 7) is 0. The van der Waals surface area contributed by atoms with E-state index in [-0.39, 0.29) is 0 Å². The summed E-state index contributed by atoms with van der Waals surface area (Å²) in [6, 6.07) is 11.2. The molecule has 3 aromatic rings. The van der Waals surface area contributed by atoms with Crippen molar-refractivity contribution in [3.8, 4) is 22.4 Å². The summed E-state index contributed by atoms with van der Waals surface area (Å²) in [5, 5.41) is 0.498. The molecule has 0 N–H and O–H groups in total. The molecule has 0 saturated heterocycles. The van der Waals surface area contributed by atoms with E-state index < -0.39 is 11.7 Å². The Morgan fingerprint density at radius 3 is 1.79 bits per heavy atom. The van der Waals surface area contributed by atoms with Gasteiger partial charge in [0, 0.05) is 0 Å². The summed E-state index contributed by atoms with van der Waals surface area (Å²) < 4.78 is 49.5. The van der Waals surface area contributed by atoms with Gasteiger partial charge in [-0.05, 0) is 64.5 Å². The first-order valence-corrected chi connectivity index (χ1v) is 8.25. The van der Waals surface area contributed by atoms with Crippen molar-refractivity contribution < 1.29 is 22.6 Å². The second-order valence-corrected chi connectivity index (χ2v) is 7.00. The lowest BCUT2D eigenvalue weighted by molar-refractivity contribution is -0.137. The van der Waals surface area contributed by atoms with Gasteiger partial charge in [0.2, 0.25) is 0 Å². The fourth-order valence-corrected chi connectivity index (χ4v) is 2.84. The normalized spacial score (nSPS) is 11.3. The van der Waals surface area contributed by atoms with E-state index in [0.29, 0.717) is 22.4 Å². The molecular formula is C16H9BrF3NO2S. The Labute approximate surface area is 147 Å². The highest BCUT2D eigenvalue weighted by Crippen LogP contribution is 2.33. The van der Waals surface area contributed by atoms with Gasteiger partial charge in [-0.1, -0.05) is 11.3 Å². The second kappa shape index (κ2) is 6.82. The van der Waals surface area contributed by atoms with Crippen molar-refractivity contribution in [3.05, 3.63) is 64.1 Å². The molecule has 0 unspecified atom stereocenters. The van der Waals surface area contributed by atoms with Gasteiger partial charge in [0.05, 0.1) is 15.5 Å². The van der Waals surface area contributed by atoms with Gasteiger partial charge in [0.25, 0.3) is 5.19 Å². The second-order valence-electron chi connectivity index (χ2n) is 4.63. The van der Waals surface area contributed by atoms with Crippen LogP contribution in [0.3, 0.4) is 0 Å². The van der Waals surface area contributed by atoms with Crippen LogP contribution < -0.4 is 9.47 Å². The summed E-state index contributed by atoms with van der Waals surface area (Å²) in [5.41, 5.74) is -0.715. The van der Waals surface area contributed by atoms with Gasteiger partial charge in [-0.15, -0.1) is 0 Å². The van der Waals surface area contributed by atoms with Crippen molar-refractivity contribution in [1.29, 1.82) is 0 Å². The highest BCUT2D eigenvalue weighted by molar-refractivity contribution is 9.11. The van der Waals surface area contributed by atoms with E-state index >= 15 is 0 Å². The quantitative estimate of drug-likeness (QED) is 0.486. The fraction of sp³-hybridized carbons (Fsp3) is 0.0625. The third-order valence-corrected chi connectivity index (χ3v) is 4.26. The minimum atomic E-state index is -4.36. The van der Waals surface area contributed by atoms with E-state index in [4.69, 9.17) is 9.47 Å². The molecule has 24 heavy (non-hydrogen) atoms. The predicted octanol–water partition coefficient (Wildman–Crippen LogP) is 6.51. The molecule has 0 fully saturated rings. The first kappa shape index (κ1) is 16.8. The highest BCUT2D eigenvalue weighted by Gasteiger charge is 2.30. The number of aromatic nitrogens is 1. The van der Waals surface area contributed by atoms with Gasteiger partial charge < -0.3 is 9.47 Å². The zero-order valence-electron chi connectivity index (χ0n) is 11.9. The molecule has 1 aromatic heterocycles. The summed E-state index contributed by atoms with van der Waals surface area (Å²) in [5.74, 6) is 1.39. The third-order valence-electron chi connectivity index (χ3n) is 2.90. The van der Waals surface area contributed by atoms with Crippen LogP contribution in [0.1, 0.15) is 5.56 Å². The Morgan fingerprint density at radius 1 is 0.833 bits per heavy atom. The number of ether oxygens (including phenoxy) is 2. The molecule has 8 heteroatoms. The molecule has 0 spiro atoms. The average molecular weight is 416 g/mol. The zero-order valence-corrected chi connectivity index (χ0v) is 14.3. The number of halogens is 4. The van der Waals surface area contributed by atoms with E-state index in [2.05, 4.69) is 20.9 Å². The molecule has 0 aliphatic heterocycles. The Kier molecular flexibility index (Phi) is 4.77. The van der Waals surface area contributed by atoms with Crippen LogP contribution in [-0.2, 0) is 6.18 Å². The molecule has 0 amide bonds. The summed E-state index contributed by atoms with van der Waals surface area (Å²) in [7, 11) is 0. The molecule has 0 saturated carbocycles. The van der Waals surface area contributed by atoms with Crippen LogP contribution in [0, 0.1) is 0 Å². The first-order chi connectivity index (χ1) is 11.4. The van der Waals surface area contributed by atoms with E-state index in [9.17, 15) is 13.2 Å². The van der Waals surface area contributed by atoms with Gasteiger partial charge in [-0.3, -0.25) is 0 Å². The Bertz CT molecular complexity index is 817. The van der Waals surface area contributed by atoms with Crippen molar-refractivity contribution in [1.82, 2.24) is 4.98 Å². The number of thiazole rings is 1. The molecule has 0 atom stereocenters. The van der Waals surface area contributed by atoms with Crippen LogP contribution in [0.4, 0.5) is 13.2 Å². The number of rotatable bonds is 4. The summed E-state index contributed by atoms with van der Waals surface area (Å²) in [4.78, 5) is 4.06. The number of alkyl halides is 3. The topological polar surface area (TPSA) is 31.4 Å². The van der Waals surface area contributed by atoms with Crippen LogP contribution in [0.5, 0.6) is 22.4 Å². The van der Waals surface area contributed by atoms with Gasteiger partial charge >= 0.3 is 6.18 Å². The Morgan fingerprint density at radius 2 is 1.33 bits per heavy atom. The molecule has 0 bridgehead atoms. The predicted molar refractivity (Wildman–Crippen MR) is 87.8 cm³/mol. The molecular weight excluding hydrogens is 407 g/mol. The summed E-state index contributed by atoms with van der Waals surface area (Å²) in [6.07, 6.45) is -2.72. The Balaban J connectivity index is 1.65. The SMILES string of the molecule is FC(F)(F)c1ccc(Oc2ccc(Oc3ncc(Br)s3)cc2)cc1. The van der Waals surface area contributed by atoms with Gasteiger partial charge in [-0.25, -0.2) is 4.98 Å². The smallest absolute Gasteiger partial charge is 0.416 e. The van der Waals surface area contributed by atoms with E-state index in [1.54, 1.807) is 30.5 Å². The van der Waals surface area contributed by atoms with Crippen molar-refractivity contribution in [2.24, 2.45) is 0 Å². The number of hydrogen-bond donors (Lipinski definition) is 0. The number of nitrogens with zero attached hydrogens (tertiary/aromatic N) is 1. The maximum Gasteiger partial charge on any atom is 0.416 e. The van der Waals surface area contributed by atoms with E-state index in [1.165, 1.54) is 23.5 Å². The van der Waals surface area contributed by atoms with Crippen LogP contribution >= 0.6 is 27.3 Å². The third kappa shape index (κ3) is 4.27. The van der Waals surface area contributed by atoms with E-state index in [0.717, 1.165) is 15.9 Å².